The summed E-state index contributed by atoms with van der Waals surface area (Å²) in [6.45, 7) is 7.79. The van der Waals surface area contributed by atoms with Gasteiger partial charge in [-0.25, -0.2) is 4.98 Å². The smallest absolute Gasteiger partial charge is 0.289 e. The molecule has 3 N–H and O–H groups in total. The standard InChI is InChI=1S/C20H20N4OS/c1-5-14-16(8-21)19(23)24-20(17(14)9-22)26-10-18(25)15-7-12(3)11(2)6-13(15)4/h6-7H,5,10H2,1-4H3,(H2,23,24)/p+1. The van der Waals surface area contributed by atoms with Crippen LogP contribution in [0.3, 0.4) is 0 Å². The third-order valence-corrected chi connectivity index (χ3v) is 5.42. The molecule has 6 heteroatoms. The molecule has 2 rings (SSSR count). The Bertz CT molecular complexity index is 967. The molecule has 1 aromatic carbocycles. The summed E-state index contributed by atoms with van der Waals surface area (Å²) < 4.78 is 0. The van der Waals surface area contributed by atoms with Gasteiger partial charge in [-0.1, -0.05) is 24.8 Å². The highest BCUT2D eigenvalue weighted by Crippen LogP contribution is 2.27. The van der Waals surface area contributed by atoms with Gasteiger partial charge in [0.15, 0.2) is 10.8 Å². The molecule has 1 heterocycles. The van der Waals surface area contributed by atoms with Crippen LogP contribution in [0.4, 0.5) is 5.82 Å². The Hall–Kier alpha value is -2.83. The van der Waals surface area contributed by atoms with Gasteiger partial charge in [0.25, 0.3) is 5.82 Å². The minimum absolute atomic E-state index is 0.00568. The molecule has 0 saturated carbocycles. The summed E-state index contributed by atoms with van der Waals surface area (Å²) in [7, 11) is 0. The van der Waals surface area contributed by atoms with Gasteiger partial charge >= 0.3 is 0 Å². The van der Waals surface area contributed by atoms with E-state index in [0.29, 0.717) is 33.7 Å². The van der Waals surface area contributed by atoms with Crippen LogP contribution in [0.5, 0.6) is 0 Å². The van der Waals surface area contributed by atoms with E-state index < -0.39 is 0 Å². The average Bonchev–Trinajstić information content (AvgIpc) is 2.61. The number of H-pyrrole nitrogens is 1. The average molecular weight is 365 g/mol. The number of Topliss-reactive ketones (excluding diaryl/α,β-unsaturated/α-hetero) is 1. The van der Waals surface area contributed by atoms with E-state index in [1.54, 1.807) is 0 Å². The number of aromatic nitrogens is 1. The number of ketones is 1. The van der Waals surface area contributed by atoms with E-state index in [-0.39, 0.29) is 17.4 Å². The van der Waals surface area contributed by atoms with Gasteiger partial charge in [-0.15, -0.1) is 0 Å². The zero-order chi connectivity index (χ0) is 19.4. The zero-order valence-corrected chi connectivity index (χ0v) is 16.2. The van der Waals surface area contributed by atoms with Gasteiger partial charge in [-0.3, -0.25) is 10.5 Å². The van der Waals surface area contributed by atoms with Crippen LogP contribution in [0.15, 0.2) is 17.2 Å². The molecule has 0 radical (unpaired) electrons. The van der Waals surface area contributed by atoms with Crippen molar-refractivity contribution in [3.05, 3.63) is 51.1 Å². The molecule has 0 spiro atoms. The maximum atomic E-state index is 12.7. The molecule has 0 aliphatic heterocycles. The molecular formula is C20H21N4OS+. The number of nitrogen functional groups attached to an aromatic ring is 1. The second-order valence-corrected chi connectivity index (χ2v) is 7.12. The van der Waals surface area contributed by atoms with Crippen LogP contribution < -0.4 is 10.7 Å². The lowest BCUT2D eigenvalue weighted by Gasteiger charge is -2.10. The lowest BCUT2D eigenvalue weighted by molar-refractivity contribution is -0.410. The monoisotopic (exact) mass is 365 g/mol. The summed E-state index contributed by atoms with van der Waals surface area (Å²) in [5, 5.41) is 19.3. The van der Waals surface area contributed by atoms with Gasteiger partial charge < -0.3 is 0 Å². The number of carbonyl (C=O) groups is 1. The van der Waals surface area contributed by atoms with Crippen molar-refractivity contribution in [1.29, 1.82) is 10.5 Å². The number of nitrogens with two attached hydrogens (primary N) is 1. The van der Waals surface area contributed by atoms with Gasteiger partial charge in [-0.2, -0.15) is 10.5 Å². The Labute approximate surface area is 157 Å². The number of nitrogens with zero attached hydrogens (tertiary/aromatic N) is 2. The Morgan fingerprint density at radius 2 is 1.73 bits per heavy atom. The number of aromatic amines is 1. The summed E-state index contributed by atoms with van der Waals surface area (Å²) in [6.07, 6.45) is 0.516. The third-order valence-electron chi connectivity index (χ3n) is 4.41. The van der Waals surface area contributed by atoms with E-state index in [1.807, 2.05) is 45.9 Å². The highest BCUT2D eigenvalue weighted by molar-refractivity contribution is 7.99. The molecule has 0 aliphatic carbocycles. The predicted octanol–water partition coefficient (Wildman–Crippen LogP) is 3.29. The number of nitriles is 2. The van der Waals surface area contributed by atoms with Crippen molar-refractivity contribution in [2.75, 3.05) is 11.5 Å². The van der Waals surface area contributed by atoms with Crippen LogP contribution >= 0.6 is 11.8 Å². The molecule has 0 atom stereocenters. The number of aryl methyl sites for hydroxylation is 3. The number of pyridine rings is 1. The summed E-state index contributed by atoms with van der Waals surface area (Å²) in [5.41, 5.74) is 11.1. The highest BCUT2D eigenvalue weighted by atomic mass is 32.2. The van der Waals surface area contributed by atoms with Crippen molar-refractivity contribution in [2.24, 2.45) is 0 Å². The number of hydrogen-bond donors (Lipinski definition) is 1. The van der Waals surface area contributed by atoms with Gasteiger partial charge in [0.05, 0.1) is 5.75 Å². The number of benzene rings is 1. The third kappa shape index (κ3) is 3.71. The number of nitrogens with one attached hydrogen (secondary N) is 1. The Kier molecular flexibility index (Phi) is 6.02. The normalized spacial score (nSPS) is 10.2. The summed E-state index contributed by atoms with van der Waals surface area (Å²) in [6, 6.07) is 8.10. The van der Waals surface area contributed by atoms with Crippen LogP contribution in [0.1, 0.15) is 50.7 Å². The van der Waals surface area contributed by atoms with Crippen molar-refractivity contribution in [3.8, 4) is 12.1 Å². The second kappa shape index (κ2) is 8.03. The fourth-order valence-electron chi connectivity index (χ4n) is 2.86. The van der Waals surface area contributed by atoms with Gasteiger partial charge in [0, 0.05) is 11.1 Å². The SMILES string of the molecule is CCc1c(C#N)c(N)[nH+]c(SCC(=O)c2cc(C)c(C)cc2C)c1C#N. The van der Waals surface area contributed by atoms with E-state index in [1.165, 1.54) is 11.8 Å². The number of carbonyl (C=O) groups excluding carboxylic acids is 1. The predicted molar refractivity (Wildman–Crippen MR) is 102 cm³/mol. The molecule has 0 saturated heterocycles. The summed E-state index contributed by atoms with van der Waals surface area (Å²) >= 11 is 1.24. The molecule has 2 aromatic rings. The van der Waals surface area contributed by atoms with Gasteiger partial charge in [0.1, 0.15) is 23.3 Å². The molecule has 132 valence electrons. The quantitative estimate of drug-likeness (QED) is 0.646. The van der Waals surface area contributed by atoms with E-state index in [4.69, 9.17) is 5.73 Å². The van der Waals surface area contributed by atoms with Gasteiger partial charge in [-0.05, 0) is 49.9 Å². The van der Waals surface area contributed by atoms with Crippen molar-refractivity contribution in [1.82, 2.24) is 0 Å². The number of hydrogen-bond acceptors (Lipinski definition) is 5. The van der Waals surface area contributed by atoms with Crippen LogP contribution in [-0.2, 0) is 6.42 Å². The number of anilines is 1. The molecule has 0 fully saturated rings. The summed E-state index contributed by atoms with van der Waals surface area (Å²) in [4.78, 5) is 15.6. The Morgan fingerprint density at radius 1 is 1.12 bits per heavy atom. The van der Waals surface area contributed by atoms with Crippen LogP contribution in [0.2, 0.25) is 0 Å². The molecule has 5 nitrogen and oxygen atoms in total. The fourth-order valence-corrected chi connectivity index (χ4v) is 3.78. The van der Waals surface area contributed by atoms with Crippen molar-refractivity contribution >= 4 is 23.4 Å². The van der Waals surface area contributed by atoms with Crippen molar-refractivity contribution in [3.63, 3.8) is 0 Å². The van der Waals surface area contributed by atoms with Crippen molar-refractivity contribution < 1.29 is 9.78 Å². The van der Waals surface area contributed by atoms with E-state index in [2.05, 4.69) is 11.1 Å². The maximum Gasteiger partial charge on any atom is 0.289 e. The first kappa shape index (κ1) is 19.5. The molecule has 26 heavy (non-hydrogen) atoms. The molecule has 0 amide bonds. The van der Waals surface area contributed by atoms with E-state index >= 15 is 0 Å². The minimum Gasteiger partial charge on any atom is -0.293 e. The topological polar surface area (TPSA) is 105 Å². The van der Waals surface area contributed by atoms with Crippen LogP contribution in [0.25, 0.3) is 0 Å². The highest BCUT2D eigenvalue weighted by Gasteiger charge is 2.22. The maximum absolute atomic E-state index is 12.7. The largest absolute Gasteiger partial charge is 0.293 e. The molecule has 0 bridgehead atoms. The Morgan fingerprint density at radius 3 is 2.31 bits per heavy atom. The first-order valence-corrected chi connectivity index (χ1v) is 9.24. The number of rotatable bonds is 5. The lowest BCUT2D eigenvalue weighted by atomic mass is 9.99. The molecule has 1 aromatic heterocycles. The molecule has 0 unspecified atom stereocenters. The second-order valence-electron chi connectivity index (χ2n) is 6.14. The van der Waals surface area contributed by atoms with Crippen molar-refractivity contribution in [2.45, 2.75) is 39.1 Å². The van der Waals surface area contributed by atoms with Gasteiger partial charge in [0.2, 0.25) is 0 Å². The van der Waals surface area contributed by atoms with E-state index in [9.17, 15) is 15.3 Å². The first-order chi connectivity index (χ1) is 12.3. The lowest BCUT2D eigenvalue weighted by Crippen LogP contribution is -2.20. The zero-order valence-electron chi connectivity index (χ0n) is 15.4. The molecular weight excluding hydrogens is 344 g/mol. The number of thioether (sulfide) groups is 1. The van der Waals surface area contributed by atoms with E-state index in [0.717, 1.165) is 16.7 Å². The molecule has 0 aliphatic rings. The Balaban J connectivity index is 2.35. The summed E-state index contributed by atoms with van der Waals surface area (Å²) in [5.74, 6) is 0.401. The fraction of sp³-hybridized carbons (Fsp3) is 0.300. The minimum atomic E-state index is -0.00568. The first-order valence-electron chi connectivity index (χ1n) is 8.25. The van der Waals surface area contributed by atoms with Crippen LogP contribution in [-0.4, -0.2) is 11.5 Å². The van der Waals surface area contributed by atoms with Crippen LogP contribution in [0, 0.1) is 43.4 Å².